The van der Waals surface area contributed by atoms with Crippen LogP contribution in [0.1, 0.15) is 27.5 Å². The van der Waals surface area contributed by atoms with Gasteiger partial charge in [-0.15, -0.1) is 0 Å². The van der Waals surface area contributed by atoms with Crippen LogP contribution in [0.4, 0.5) is 4.79 Å². The number of rotatable bonds is 2. The summed E-state index contributed by atoms with van der Waals surface area (Å²) < 4.78 is 11.3. The summed E-state index contributed by atoms with van der Waals surface area (Å²) in [5.74, 6) is -0.491. The van der Waals surface area contributed by atoms with Crippen molar-refractivity contribution in [1.29, 1.82) is 0 Å². The number of ether oxygens (including phenoxy) is 2. The van der Waals surface area contributed by atoms with E-state index in [1.54, 1.807) is 17.0 Å². The van der Waals surface area contributed by atoms with E-state index >= 15 is 0 Å². The minimum atomic E-state index is -1.00. The zero-order valence-electron chi connectivity index (χ0n) is 15.4. The van der Waals surface area contributed by atoms with Crippen LogP contribution in [0.3, 0.4) is 0 Å². The number of hydrogen-bond donors (Lipinski definition) is 1. The number of benzene rings is 2. The number of fused-ring (bicyclic) bond motifs is 1. The maximum absolute atomic E-state index is 13.3. The molecule has 0 spiro atoms. The van der Waals surface area contributed by atoms with E-state index in [0.717, 1.165) is 11.1 Å². The fourth-order valence-electron chi connectivity index (χ4n) is 3.59. The Bertz CT molecular complexity index is 864. The average molecular weight is 382 g/mol. The summed E-state index contributed by atoms with van der Waals surface area (Å²) in [5, 5.41) is 9.26. The SMILES string of the molecule is O=C(O)c1ccc2c(c1)OC[C@H](c1ccccc1)N(C(=O)N1CCOCC1)C2. The van der Waals surface area contributed by atoms with E-state index in [1.807, 2.05) is 35.2 Å². The number of aromatic carboxylic acids is 1. The number of carbonyl (C=O) groups excluding carboxylic acids is 1. The standard InChI is InChI=1S/C21H22N2O5/c24-20(25)16-6-7-17-13-23(21(26)22-8-10-27-11-9-22)18(14-28-19(17)12-16)15-4-2-1-3-5-15/h1-7,12,18H,8-11,13-14H2,(H,24,25)/t18-/m1/s1. The molecular weight excluding hydrogens is 360 g/mol. The lowest BCUT2D eigenvalue weighted by molar-refractivity contribution is 0.0362. The summed E-state index contributed by atoms with van der Waals surface area (Å²) in [4.78, 5) is 28.2. The van der Waals surface area contributed by atoms with Crippen LogP contribution < -0.4 is 4.74 Å². The van der Waals surface area contributed by atoms with Crippen molar-refractivity contribution in [2.24, 2.45) is 0 Å². The third-order valence-corrected chi connectivity index (χ3v) is 5.14. The van der Waals surface area contributed by atoms with Crippen LogP contribution in [0, 0.1) is 0 Å². The molecule has 146 valence electrons. The molecule has 7 nitrogen and oxygen atoms in total. The molecule has 1 atom stereocenters. The molecular formula is C21H22N2O5. The van der Waals surface area contributed by atoms with E-state index in [0.29, 0.717) is 38.6 Å². The second-order valence-electron chi connectivity index (χ2n) is 6.88. The Hall–Kier alpha value is -3.06. The summed E-state index contributed by atoms with van der Waals surface area (Å²) in [7, 11) is 0. The molecule has 2 aliphatic rings. The second kappa shape index (κ2) is 7.90. The zero-order chi connectivity index (χ0) is 19.5. The van der Waals surface area contributed by atoms with Crippen LogP contribution in [-0.4, -0.2) is 59.8 Å². The fourth-order valence-corrected chi connectivity index (χ4v) is 3.59. The highest BCUT2D eigenvalue weighted by molar-refractivity contribution is 5.88. The molecule has 2 aliphatic heterocycles. The molecule has 0 bridgehead atoms. The highest BCUT2D eigenvalue weighted by Crippen LogP contribution is 2.33. The van der Waals surface area contributed by atoms with E-state index < -0.39 is 5.97 Å². The summed E-state index contributed by atoms with van der Waals surface area (Å²) in [6.45, 7) is 2.79. The van der Waals surface area contributed by atoms with Crippen molar-refractivity contribution in [3.05, 3.63) is 65.2 Å². The van der Waals surface area contributed by atoms with Gasteiger partial charge in [-0.3, -0.25) is 0 Å². The Balaban J connectivity index is 1.69. The molecule has 4 rings (SSSR count). The minimum Gasteiger partial charge on any atom is -0.491 e. The first kappa shape index (κ1) is 18.3. The fraction of sp³-hybridized carbons (Fsp3) is 0.333. The van der Waals surface area contributed by atoms with Gasteiger partial charge in [0.1, 0.15) is 12.4 Å². The van der Waals surface area contributed by atoms with Crippen molar-refractivity contribution in [2.45, 2.75) is 12.6 Å². The van der Waals surface area contributed by atoms with Crippen molar-refractivity contribution in [2.75, 3.05) is 32.9 Å². The Labute approximate surface area is 163 Å². The predicted octanol–water partition coefficient (Wildman–Crippen LogP) is 2.77. The highest BCUT2D eigenvalue weighted by atomic mass is 16.5. The lowest BCUT2D eigenvalue weighted by Gasteiger charge is -2.36. The Morgan fingerprint density at radius 3 is 2.50 bits per heavy atom. The van der Waals surface area contributed by atoms with Gasteiger partial charge in [0.25, 0.3) is 0 Å². The summed E-state index contributed by atoms with van der Waals surface area (Å²) in [5.41, 5.74) is 1.95. The van der Waals surface area contributed by atoms with E-state index in [4.69, 9.17) is 9.47 Å². The first-order chi connectivity index (χ1) is 13.6. The molecule has 2 aromatic carbocycles. The van der Waals surface area contributed by atoms with Crippen molar-refractivity contribution in [1.82, 2.24) is 9.80 Å². The van der Waals surface area contributed by atoms with Gasteiger partial charge in [0.2, 0.25) is 0 Å². The van der Waals surface area contributed by atoms with Gasteiger partial charge in [-0.25, -0.2) is 9.59 Å². The topological polar surface area (TPSA) is 79.3 Å². The molecule has 2 amide bonds. The van der Waals surface area contributed by atoms with Gasteiger partial charge in [0.05, 0.1) is 31.4 Å². The van der Waals surface area contributed by atoms with Crippen LogP contribution in [0.15, 0.2) is 48.5 Å². The highest BCUT2D eigenvalue weighted by Gasteiger charge is 2.33. The maximum Gasteiger partial charge on any atom is 0.335 e. The number of morpholine rings is 1. The van der Waals surface area contributed by atoms with Gasteiger partial charge in [-0.05, 0) is 17.7 Å². The van der Waals surface area contributed by atoms with E-state index in [-0.39, 0.29) is 24.2 Å². The van der Waals surface area contributed by atoms with Crippen molar-refractivity contribution >= 4 is 12.0 Å². The number of urea groups is 1. The largest absolute Gasteiger partial charge is 0.491 e. The van der Waals surface area contributed by atoms with E-state index in [1.165, 1.54) is 6.07 Å². The average Bonchev–Trinajstić information content (AvgIpc) is 2.93. The molecule has 2 heterocycles. The summed E-state index contributed by atoms with van der Waals surface area (Å²) >= 11 is 0. The van der Waals surface area contributed by atoms with Gasteiger partial charge in [0.15, 0.2) is 0 Å². The van der Waals surface area contributed by atoms with Gasteiger partial charge in [-0.1, -0.05) is 36.4 Å². The van der Waals surface area contributed by atoms with Gasteiger partial charge in [0, 0.05) is 18.7 Å². The number of carboxylic acid groups (broad SMARTS) is 1. The van der Waals surface area contributed by atoms with Crippen LogP contribution >= 0.6 is 0 Å². The Kier molecular flexibility index (Phi) is 5.16. The van der Waals surface area contributed by atoms with Crippen molar-refractivity contribution in [3.8, 4) is 5.75 Å². The van der Waals surface area contributed by atoms with Crippen molar-refractivity contribution < 1.29 is 24.2 Å². The molecule has 7 heteroatoms. The normalized spacial score (nSPS) is 19.4. The smallest absolute Gasteiger partial charge is 0.335 e. The number of amides is 2. The van der Waals surface area contributed by atoms with Gasteiger partial charge >= 0.3 is 12.0 Å². The molecule has 0 aromatic heterocycles. The van der Waals surface area contributed by atoms with E-state index in [2.05, 4.69) is 0 Å². The number of carbonyl (C=O) groups is 2. The summed E-state index contributed by atoms with van der Waals surface area (Å²) in [6.07, 6.45) is 0. The maximum atomic E-state index is 13.3. The molecule has 0 aliphatic carbocycles. The first-order valence-corrected chi connectivity index (χ1v) is 9.31. The van der Waals surface area contributed by atoms with Gasteiger partial charge < -0.3 is 24.4 Å². The van der Waals surface area contributed by atoms with Crippen LogP contribution in [-0.2, 0) is 11.3 Å². The van der Waals surface area contributed by atoms with Crippen LogP contribution in [0.25, 0.3) is 0 Å². The monoisotopic (exact) mass is 382 g/mol. The Morgan fingerprint density at radius 2 is 1.79 bits per heavy atom. The van der Waals surface area contributed by atoms with Gasteiger partial charge in [-0.2, -0.15) is 0 Å². The number of hydrogen-bond acceptors (Lipinski definition) is 4. The quantitative estimate of drug-likeness (QED) is 0.864. The molecule has 1 N–H and O–H groups in total. The number of nitrogens with zero attached hydrogens (tertiary/aromatic N) is 2. The van der Waals surface area contributed by atoms with Crippen LogP contribution in [0.2, 0.25) is 0 Å². The Morgan fingerprint density at radius 1 is 1.04 bits per heavy atom. The molecule has 2 aromatic rings. The molecule has 0 unspecified atom stereocenters. The van der Waals surface area contributed by atoms with E-state index in [9.17, 15) is 14.7 Å². The summed E-state index contributed by atoms with van der Waals surface area (Å²) in [6, 6.07) is 14.2. The lowest BCUT2D eigenvalue weighted by Crippen LogP contribution is -2.49. The van der Waals surface area contributed by atoms with Crippen molar-refractivity contribution in [3.63, 3.8) is 0 Å². The first-order valence-electron chi connectivity index (χ1n) is 9.31. The molecule has 0 saturated carbocycles. The molecule has 1 fully saturated rings. The molecule has 1 saturated heterocycles. The third kappa shape index (κ3) is 3.66. The second-order valence-corrected chi connectivity index (χ2v) is 6.88. The zero-order valence-corrected chi connectivity index (χ0v) is 15.4. The molecule has 0 radical (unpaired) electrons. The minimum absolute atomic E-state index is 0.0593. The lowest BCUT2D eigenvalue weighted by atomic mass is 10.1. The number of carboxylic acids is 1. The third-order valence-electron chi connectivity index (χ3n) is 5.14. The predicted molar refractivity (Wildman–Crippen MR) is 101 cm³/mol. The molecule has 28 heavy (non-hydrogen) atoms. The van der Waals surface area contributed by atoms with Crippen LogP contribution in [0.5, 0.6) is 5.75 Å².